The van der Waals surface area contributed by atoms with E-state index in [2.05, 4.69) is 0 Å². The monoisotopic (exact) mass is 412 g/mol. The minimum Gasteiger partial charge on any atom is -0.394 e. The molecule has 0 aromatic heterocycles. The molecule has 0 fully saturated rings. The standard InChI is InChI=1S/C11H24O4.C9H20O4/c1-7(9(14)6-12)10(15)8(13)5-11(2,3)4;1-9(2,3)4-6(11)8(13)7(12)5-10/h7-10,12-15H,5-6H2,1-4H3;6-8,10-13H,4-5H2,1-3H3. The first kappa shape index (κ1) is 29.9. The zero-order valence-electron chi connectivity index (χ0n) is 18.4. The van der Waals surface area contributed by atoms with Gasteiger partial charge in [0.25, 0.3) is 0 Å². The van der Waals surface area contributed by atoms with Crippen molar-refractivity contribution in [3.8, 4) is 0 Å². The molecule has 0 amide bonds. The van der Waals surface area contributed by atoms with Crippen LogP contribution in [0.5, 0.6) is 0 Å². The minimum atomic E-state index is -1.27. The molecule has 0 bridgehead atoms. The van der Waals surface area contributed by atoms with E-state index in [1.54, 1.807) is 6.92 Å². The van der Waals surface area contributed by atoms with E-state index in [4.69, 9.17) is 15.3 Å². The second-order valence-corrected chi connectivity index (χ2v) is 10.0. The van der Waals surface area contributed by atoms with Crippen LogP contribution in [0.3, 0.4) is 0 Å². The van der Waals surface area contributed by atoms with Crippen molar-refractivity contribution < 1.29 is 40.9 Å². The summed E-state index contributed by atoms with van der Waals surface area (Å²) in [5, 5.41) is 73.8. The highest BCUT2D eigenvalue weighted by atomic mass is 16.4. The molecule has 0 rings (SSSR count). The van der Waals surface area contributed by atoms with Crippen LogP contribution in [-0.2, 0) is 0 Å². The van der Waals surface area contributed by atoms with Crippen molar-refractivity contribution in [2.24, 2.45) is 16.7 Å². The van der Waals surface area contributed by atoms with E-state index < -0.39 is 55.8 Å². The lowest BCUT2D eigenvalue weighted by Crippen LogP contribution is -2.41. The lowest BCUT2D eigenvalue weighted by atomic mass is 9.84. The highest BCUT2D eigenvalue weighted by Crippen LogP contribution is 2.25. The van der Waals surface area contributed by atoms with E-state index in [1.807, 2.05) is 41.5 Å². The second kappa shape index (κ2) is 13.1. The largest absolute Gasteiger partial charge is 0.394 e. The van der Waals surface area contributed by atoms with Gasteiger partial charge in [-0.15, -0.1) is 0 Å². The average Bonchev–Trinajstić information content (AvgIpc) is 2.55. The van der Waals surface area contributed by atoms with Crippen molar-refractivity contribution in [2.45, 2.75) is 97.9 Å². The number of aliphatic hydroxyl groups is 8. The van der Waals surface area contributed by atoms with Gasteiger partial charge in [-0.2, -0.15) is 0 Å². The van der Waals surface area contributed by atoms with Crippen molar-refractivity contribution in [1.29, 1.82) is 0 Å². The van der Waals surface area contributed by atoms with Crippen LogP contribution in [0.25, 0.3) is 0 Å². The van der Waals surface area contributed by atoms with E-state index in [1.165, 1.54) is 0 Å². The fourth-order valence-electron chi connectivity index (χ4n) is 2.61. The lowest BCUT2D eigenvalue weighted by Gasteiger charge is -2.30. The maximum absolute atomic E-state index is 9.73. The van der Waals surface area contributed by atoms with Crippen LogP contribution >= 0.6 is 0 Å². The molecule has 0 saturated heterocycles. The Morgan fingerprint density at radius 3 is 1.14 bits per heavy atom. The first-order valence-corrected chi connectivity index (χ1v) is 9.77. The Kier molecular flexibility index (Phi) is 14.0. The van der Waals surface area contributed by atoms with Gasteiger partial charge in [-0.25, -0.2) is 0 Å². The minimum absolute atomic E-state index is 0.0791. The Balaban J connectivity index is 0. The predicted molar refractivity (Wildman–Crippen MR) is 108 cm³/mol. The molecule has 8 N–H and O–H groups in total. The fourth-order valence-corrected chi connectivity index (χ4v) is 2.61. The van der Waals surface area contributed by atoms with Crippen molar-refractivity contribution in [3.05, 3.63) is 0 Å². The Labute approximate surface area is 169 Å². The Bertz CT molecular complexity index is 391. The molecule has 172 valence electrons. The Morgan fingerprint density at radius 2 is 0.857 bits per heavy atom. The van der Waals surface area contributed by atoms with Crippen LogP contribution in [0.15, 0.2) is 0 Å². The van der Waals surface area contributed by atoms with E-state index in [9.17, 15) is 25.5 Å². The third-order valence-electron chi connectivity index (χ3n) is 4.35. The summed E-state index contributed by atoms with van der Waals surface area (Å²) in [4.78, 5) is 0. The maximum Gasteiger partial charge on any atom is 0.108 e. The summed E-state index contributed by atoms with van der Waals surface area (Å²) in [6.07, 6.45) is -5.58. The van der Waals surface area contributed by atoms with Gasteiger partial charge in [-0.05, 0) is 23.7 Å². The van der Waals surface area contributed by atoms with Gasteiger partial charge in [-0.3, -0.25) is 0 Å². The summed E-state index contributed by atoms with van der Waals surface area (Å²) in [7, 11) is 0. The normalized spacial score (nSPS) is 20.2. The average molecular weight is 413 g/mol. The summed E-state index contributed by atoms with van der Waals surface area (Å²) >= 11 is 0. The summed E-state index contributed by atoms with van der Waals surface area (Å²) in [6, 6.07) is 0. The van der Waals surface area contributed by atoms with Crippen molar-refractivity contribution in [3.63, 3.8) is 0 Å². The van der Waals surface area contributed by atoms with Crippen molar-refractivity contribution >= 4 is 0 Å². The fraction of sp³-hybridized carbons (Fsp3) is 1.00. The van der Waals surface area contributed by atoms with Crippen LogP contribution in [-0.4, -0.2) is 90.7 Å². The SMILES string of the molecule is CC(C(O)CO)C(O)C(O)CC(C)(C)C.CC(C)(C)CC(O)C(O)C(O)CO. The van der Waals surface area contributed by atoms with E-state index in [-0.39, 0.29) is 10.8 Å². The van der Waals surface area contributed by atoms with Crippen LogP contribution in [0.4, 0.5) is 0 Å². The number of aliphatic hydroxyl groups excluding tert-OH is 8. The van der Waals surface area contributed by atoms with Crippen molar-refractivity contribution in [1.82, 2.24) is 0 Å². The lowest BCUT2D eigenvalue weighted by molar-refractivity contribution is -0.0860. The van der Waals surface area contributed by atoms with Gasteiger partial charge < -0.3 is 40.9 Å². The summed E-state index contributed by atoms with van der Waals surface area (Å²) < 4.78 is 0. The molecule has 0 heterocycles. The molecule has 28 heavy (non-hydrogen) atoms. The first-order chi connectivity index (χ1) is 12.5. The van der Waals surface area contributed by atoms with Crippen molar-refractivity contribution in [2.75, 3.05) is 13.2 Å². The molecule has 8 nitrogen and oxygen atoms in total. The van der Waals surface area contributed by atoms with E-state index in [0.29, 0.717) is 12.8 Å². The summed E-state index contributed by atoms with van der Waals surface area (Å²) in [5.74, 6) is -0.535. The third kappa shape index (κ3) is 13.8. The molecular weight excluding hydrogens is 368 g/mol. The smallest absolute Gasteiger partial charge is 0.108 e. The van der Waals surface area contributed by atoms with Crippen LogP contribution in [0.2, 0.25) is 0 Å². The molecule has 0 spiro atoms. The first-order valence-electron chi connectivity index (χ1n) is 9.77. The van der Waals surface area contributed by atoms with Crippen LogP contribution < -0.4 is 0 Å². The molecule has 0 aliphatic carbocycles. The van der Waals surface area contributed by atoms with Gasteiger partial charge in [0.2, 0.25) is 0 Å². The highest BCUT2D eigenvalue weighted by Gasteiger charge is 2.30. The Morgan fingerprint density at radius 1 is 0.536 bits per heavy atom. The summed E-state index contributed by atoms with van der Waals surface area (Å²) in [6.45, 7) is 12.3. The second-order valence-electron chi connectivity index (χ2n) is 10.0. The highest BCUT2D eigenvalue weighted by molar-refractivity contribution is 4.81. The van der Waals surface area contributed by atoms with Gasteiger partial charge in [-0.1, -0.05) is 48.5 Å². The third-order valence-corrected chi connectivity index (χ3v) is 4.35. The number of hydrogen-bond acceptors (Lipinski definition) is 8. The molecule has 0 aliphatic rings. The summed E-state index contributed by atoms with van der Waals surface area (Å²) in [5.41, 5.74) is -0.195. The molecule has 7 atom stereocenters. The molecule has 0 aliphatic heterocycles. The topological polar surface area (TPSA) is 162 Å². The van der Waals surface area contributed by atoms with E-state index >= 15 is 0 Å². The van der Waals surface area contributed by atoms with Gasteiger partial charge >= 0.3 is 0 Å². The molecule has 7 unspecified atom stereocenters. The van der Waals surface area contributed by atoms with Gasteiger partial charge in [0.15, 0.2) is 0 Å². The zero-order valence-corrected chi connectivity index (χ0v) is 18.4. The maximum atomic E-state index is 9.73. The molecule has 8 heteroatoms. The zero-order chi connectivity index (χ0) is 22.9. The molecule has 0 aromatic rings. The predicted octanol–water partition coefficient (Wildman–Crippen LogP) is -0.369. The molecule has 0 radical (unpaired) electrons. The van der Waals surface area contributed by atoms with Gasteiger partial charge in [0.05, 0.1) is 37.6 Å². The molecule has 0 saturated carbocycles. The molecule has 0 aromatic carbocycles. The van der Waals surface area contributed by atoms with E-state index in [0.717, 1.165) is 0 Å². The van der Waals surface area contributed by atoms with Gasteiger partial charge in [0, 0.05) is 5.92 Å². The quantitative estimate of drug-likeness (QED) is 0.254. The number of rotatable bonds is 9. The molecular formula is C20H44O8. The number of hydrogen-bond donors (Lipinski definition) is 8. The Hall–Kier alpha value is -0.320. The van der Waals surface area contributed by atoms with Crippen LogP contribution in [0, 0.1) is 16.7 Å². The van der Waals surface area contributed by atoms with Crippen LogP contribution in [0.1, 0.15) is 61.3 Å². The van der Waals surface area contributed by atoms with Gasteiger partial charge in [0.1, 0.15) is 12.2 Å².